The molecule has 0 atom stereocenters. The van der Waals surface area contributed by atoms with Gasteiger partial charge in [0.15, 0.2) is 0 Å². The number of carbonyl (C=O) groups excluding carboxylic acids is 2. The molecule has 0 aromatic heterocycles. The van der Waals surface area contributed by atoms with Crippen LogP contribution in [0.3, 0.4) is 0 Å². The van der Waals surface area contributed by atoms with Gasteiger partial charge in [-0.2, -0.15) is 0 Å². The number of rotatable bonds is 9. The Bertz CT molecular complexity index is 451. The molecule has 0 aliphatic heterocycles. The van der Waals surface area contributed by atoms with Crippen LogP contribution < -0.4 is 21.1 Å². The van der Waals surface area contributed by atoms with Crippen molar-refractivity contribution in [2.75, 3.05) is 36.5 Å². The number of benzene rings is 1. The number of carbonyl (C=O) groups is 2. The van der Waals surface area contributed by atoms with Gasteiger partial charge in [-0.25, -0.2) is 0 Å². The summed E-state index contributed by atoms with van der Waals surface area (Å²) in [6.07, 6.45) is 0. The van der Waals surface area contributed by atoms with Crippen LogP contribution in [0.25, 0.3) is 0 Å². The molecule has 2 amide bonds. The first-order valence-electron chi connectivity index (χ1n) is 6.73. The number of hydrogen-bond donors (Lipinski definition) is 3. The van der Waals surface area contributed by atoms with Crippen molar-refractivity contribution in [1.29, 1.82) is 0 Å². The molecule has 116 valence electrons. The number of hydrogen-bond acceptors (Lipinski definition) is 5. The molecular weight excluding hydrogens is 290 g/mol. The molecule has 4 N–H and O–H groups in total. The average Bonchev–Trinajstić information content (AvgIpc) is 2.47. The van der Waals surface area contributed by atoms with Crippen LogP contribution in [0.1, 0.15) is 6.92 Å². The Hall–Kier alpha value is -1.73. The summed E-state index contributed by atoms with van der Waals surface area (Å²) in [5.41, 5.74) is 5.98. The van der Waals surface area contributed by atoms with Crippen LogP contribution in [0.2, 0.25) is 0 Å². The quantitative estimate of drug-likeness (QED) is 0.628. The molecule has 1 aromatic carbocycles. The van der Waals surface area contributed by atoms with Gasteiger partial charge in [-0.15, -0.1) is 11.8 Å². The zero-order chi connectivity index (χ0) is 15.5. The normalized spacial score (nSPS) is 10.0. The Morgan fingerprint density at radius 3 is 2.48 bits per heavy atom. The van der Waals surface area contributed by atoms with E-state index in [1.807, 2.05) is 6.92 Å². The predicted molar refractivity (Wildman–Crippen MR) is 85.6 cm³/mol. The van der Waals surface area contributed by atoms with E-state index in [-0.39, 0.29) is 23.3 Å². The van der Waals surface area contributed by atoms with Gasteiger partial charge in [-0.1, -0.05) is 0 Å². The van der Waals surface area contributed by atoms with Gasteiger partial charge < -0.3 is 21.1 Å². The molecule has 0 saturated carbocycles. The fourth-order valence-corrected chi connectivity index (χ4v) is 2.14. The molecule has 0 heterocycles. The Kier molecular flexibility index (Phi) is 8.30. The Morgan fingerprint density at radius 1 is 1.19 bits per heavy atom. The molecule has 0 aliphatic carbocycles. The molecule has 0 fully saturated rings. The van der Waals surface area contributed by atoms with Crippen LogP contribution in [0.4, 0.5) is 5.69 Å². The first kappa shape index (κ1) is 17.3. The van der Waals surface area contributed by atoms with E-state index in [1.165, 1.54) is 11.8 Å². The SMILES string of the molecule is CCOc1ccc(NC(=O)CSCC(=O)NCCN)cc1. The van der Waals surface area contributed by atoms with Gasteiger partial charge in [0, 0.05) is 18.8 Å². The van der Waals surface area contributed by atoms with Crippen molar-refractivity contribution in [1.82, 2.24) is 5.32 Å². The molecule has 0 bridgehead atoms. The molecule has 0 radical (unpaired) electrons. The van der Waals surface area contributed by atoms with Crippen molar-refractivity contribution in [2.24, 2.45) is 5.73 Å². The number of amides is 2. The highest BCUT2D eigenvalue weighted by Gasteiger charge is 2.05. The van der Waals surface area contributed by atoms with Gasteiger partial charge in [0.2, 0.25) is 11.8 Å². The third-order valence-corrected chi connectivity index (χ3v) is 3.31. The first-order valence-corrected chi connectivity index (χ1v) is 7.88. The van der Waals surface area contributed by atoms with Crippen LogP contribution in [-0.2, 0) is 9.59 Å². The smallest absolute Gasteiger partial charge is 0.234 e. The third-order valence-electron chi connectivity index (χ3n) is 2.38. The molecule has 21 heavy (non-hydrogen) atoms. The largest absolute Gasteiger partial charge is 0.494 e. The molecule has 6 nitrogen and oxygen atoms in total. The van der Waals surface area contributed by atoms with Crippen LogP contribution in [0.15, 0.2) is 24.3 Å². The molecule has 0 spiro atoms. The third kappa shape index (κ3) is 7.57. The second-order valence-electron chi connectivity index (χ2n) is 4.14. The predicted octanol–water partition coefficient (Wildman–Crippen LogP) is 0.832. The van der Waals surface area contributed by atoms with E-state index in [4.69, 9.17) is 10.5 Å². The summed E-state index contributed by atoms with van der Waals surface area (Å²) >= 11 is 1.26. The number of nitrogens with one attached hydrogen (secondary N) is 2. The minimum absolute atomic E-state index is 0.112. The van der Waals surface area contributed by atoms with Crippen molar-refractivity contribution in [3.63, 3.8) is 0 Å². The van der Waals surface area contributed by atoms with E-state index in [0.29, 0.717) is 25.4 Å². The lowest BCUT2D eigenvalue weighted by molar-refractivity contribution is -0.118. The highest BCUT2D eigenvalue weighted by atomic mass is 32.2. The average molecular weight is 311 g/mol. The van der Waals surface area contributed by atoms with E-state index in [2.05, 4.69) is 10.6 Å². The van der Waals surface area contributed by atoms with E-state index < -0.39 is 0 Å². The van der Waals surface area contributed by atoms with Gasteiger partial charge in [0.05, 0.1) is 18.1 Å². The number of nitrogens with two attached hydrogens (primary N) is 1. The lowest BCUT2D eigenvalue weighted by Gasteiger charge is -2.07. The maximum atomic E-state index is 11.7. The van der Waals surface area contributed by atoms with Crippen LogP contribution in [0, 0.1) is 0 Å². The van der Waals surface area contributed by atoms with Crippen LogP contribution in [-0.4, -0.2) is 43.0 Å². The molecule has 0 aliphatic rings. The summed E-state index contributed by atoms with van der Waals surface area (Å²) in [4.78, 5) is 23.0. The summed E-state index contributed by atoms with van der Waals surface area (Å²) in [6.45, 7) is 3.39. The lowest BCUT2D eigenvalue weighted by atomic mass is 10.3. The van der Waals surface area contributed by atoms with Crippen LogP contribution in [0.5, 0.6) is 5.75 Å². The number of anilines is 1. The summed E-state index contributed by atoms with van der Waals surface area (Å²) < 4.78 is 5.32. The number of thioether (sulfide) groups is 1. The minimum atomic E-state index is -0.143. The van der Waals surface area contributed by atoms with Crippen molar-refractivity contribution in [3.05, 3.63) is 24.3 Å². The summed E-state index contributed by atoms with van der Waals surface area (Å²) in [6, 6.07) is 7.15. The second kappa shape index (κ2) is 10.1. The monoisotopic (exact) mass is 311 g/mol. The fourth-order valence-electron chi connectivity index (χ4n) is 1.50. The van der Waals surface area contributed by atoms with Gasteiger partial charge in [0.25, 0.3) is 0 Å². The van der Waals surface area contributed by atoms with Crippen molar-refractivity contribution >= 4 is 29.3 Å². The maximum Gasteiger partial charge on any atom is 0.234 e. The van der Waals surface area contributed by atoms with E-state index in [9.17, 15) is 9.59 Å². The topological polar surface area (TPSA) is 93.4 Å². The summed E-state index contributed by atoms with van der Waals surface area (Å²) in [5, 5.41) is 5.40. The van der Waals surface area contributed by atoms with Gasteiger partial charge in [-0.05, 0) is 31.2 Å². The Morgan fingerprint density at radius 2 is 1.86 bits per heavy atom. The zero-order valence-electron chi connectivity index (χ0n) is 12.1. The molecule has 0 unspecified atom stereocenters. The fraction of sp³-hybridized carbons (Fsp3) is 0.429. The van der Waals surface area contributed by atoms with Crippen molar-refractivity contribution < 1.29 is 14.3 Å². The Labute approximate surface area is 128 Å². The summed E-state index contributed by atoms with van der Waals surface area (Å²) in [5.74, 6) is 0.983. The minimum Gasteiger partial charge on any atom is -0.494 e. The van der Waals surface area contributed by atoms with Gasteiger partial charge >= 0.3 is 0 Å². The second-order valence-corrected chi connectivity index (χ2v) is 5.12. The van der Waals surface area contributed by atoms with Gasteiger partial charge in [0.1, 0.15) is 5.75 Å². The van der Waals surface area contributed by atoms with E-state index in [0.717, 1.165) is 5.75 Å². The van der Waals surface area contributed by atoms with E-state index in [1.54, 1.807) is 24.3 Å². The Balaban J connectivity index is 2.25. The molecule has 1 aromatic rings. The first-order chi connectivity index (χ1) is 10.2. The standard InChI is InChI=1S/C14H21N3O3S/c1-2-20-12-5-3-11(4-6-12)17-14(19)10-21-9-13(18)16-8-7-15/h3-6H,2,7-10,15H2,1H3,(H,16,18)(H,17,19). The highest BCUT2D eigenvalue weighted by Crippen LogP contribution is 2.15. The van der Waals surface area contributed by atoms with Crippen molar-refractivity contribution in [3.8, 4) is 5.75 Å². The maximum absolute atomic E-state index is 11.7. The molecule has 0 saturated heterocycles. The van der Waals surface area contributed by atoms with Crippen molar-refractivity contribution in [2.45, 2.75) is 6.92 Å². The van der Waals surface area contributed by atoms with Crippen LogP contribution >= 0.6 is 11.8 Å². The van der Waals surface area contributed by atoms with Gasteiger partial charge in [-0.3, -0.25) is 9.59 Å². The molecule has 7 heteroatoms. The molecule has 1 rings (SSSR count). The number of ether oxygens (including phenoxy) is 1. The lowest BCUT2D eigenvalue weighted by Crippen LogP contribution is -2.30. The summed E-state index contributed by atoms with van der Waals surface area (Å²) in [7, 11) is 0. The highest BCUT2D eigenvalue weighted by molar-refractivity contribution is 8.00. The van der Waals surface area contributed by atoms with E-state index >= 15 is 0 Å². The zero-order valence-corrected chi connectivity index (χ0v) is 12.9. The molecular formula is C14H21N3O3S.